The fraction of sp³-hybridized carbons (Fsp3) is 0.250. The predicted molar refractivity (Wildman–Crippen MR) is 60.3 cm³/mol. The number of nitriles is 1. The maximum absolute atomic E-state index is 12.2. The molecule has 2 rings (SSSR count). The Kier molecular flexibility index (Phi) is 2.36. The molecule has 1 aliphatic rings. The van der Waals surface area contributed by atoms with Crippen molar-refractivity contribution >= 4 is 9.84 Å². The van der Waals surface area contributed by atoms with Crippen LogP contribution in [0.15, 0.2) is 47.9 Å². The Morgan fingerprint density at radius 1 is 1.44 bits per heavy atom. The topological polar surface area (TPSA) is 57.9 Å². The molecule has 3 nitrogen and oxygen atoms in total. The lowest BCUT2D eigenvalue weighted by molar-refractivity contribution is 0.586. The molecule has 0 radical (unpaired) electrons. The Morgan fingerprint density at radius 2 is 2.06 bits per heavy atom. The molecule has 0 heterocycles. The van der Waals surface area contributed by atoms with Crippen LogP contribution in [0.4, 0.5) is 0 Å². The van der Waals surface area contributed by atoms with Gasteiger partial charge in [0, 0.05) is 5.92 Å². The average Bonchev–Trinajstić information content (AvgIpc) is 3.05. The Balaban J connectivity index is 2.50. The molecule has 0 amide bonds. The third-order valence-corrected chi connectivity index (χ3v) is 5.38. The van der Waals surface area contributed by atoms with Gasteiger partial charge in [-0.25, -0.2) is 8.42 Å². The minimum Gasteiger partial charge on any atom is -0.222 e. The summed E-state index contributed by atoms with van der Waals surface area (Å²) < 4.78 is 23.2. The van der Waals surface area contributed by atoms with Crippen LogP contribution in [0.25, 0.3) is 0 Å². The summed E-state index contributed by atoms with van der Waals surface area (Å²) in [5, 5.41) is 9.08. The fourth-order valence-corrected chi connectivity index (χ4v) is 3.80. The van der Waals surface area contributed by atoms with Gasteiger partial charge in [-0.05, 0) is 18.6 Å². The molecule has 0 aromatic heterocycles. The van der Waals surface area contributed by atoms with Gasteiger partial charge in [-0.3, -0.25) is 0 Å². The van der Waals surface area contributed by atoms with E-state index < -0.39 is 14.6 Å². The summed E-state index contributed by atoms with van der Waals surface area (Å²) in [4.78, 5) is 0.209. The highest BCUT2D eigenvalue weighted by Crippen LogP contribution is 2.52. The first kappa shape index (κ1) is 10.9. The molecular weight excluding hydrogens is 222 g/mol. The lowest BCUT2D eigenvalue weighted by atomic mass is 10.3. The van der Waals surface area contributed by atoms with E-state index in [0.717, 1.165) is 0 Å². The normalized spacial score (nSPS) is 28.1. The average molecular weight is 233 g/mol. The van der Waals surface area contributed by atoms with E-state index >= 15 is 0 Å². The van der Waals surface area contributed by atoms with E-state index in [0.29, 0.717) is 6.42 Å². The third-order valence-electron chi connectivity index (χ3n) is 2.97. The molecule has 16 heavy (non-hydrogen) atoms. The summed E-state index contributed by atoms with van der Waals surface area (Å²) in [7, 11) is -3.57. The van der Waals surface area contributed by atoms with Crippen molar-refractivity contribution in [1.29, 1.82) is 5.26 Å². The van der Waals surface area contributed by atoms with Gasteiger partial charge in [-0.15, -0.1) is 6.58 Å². The number of hydrogen-bond acceptors (Lipinski definition) is 3. The minimum atomic E-state index is -3.57. The van der Waals surface area contributed by atoms with Crippen molar-refractivity contribution in [3.63, 3.8) is 0 Å². The van der Waals surface area contributed by atoms with Crippen molar-refractivity contribution in [1.82, 2.24) is 0 Å². The highest BCUT2D eigenvalue weighted by molar-refractivity contribution is 7.93. The first-order valence-corrected chi connectivity index (χ1v) is 6.40. The van der Waals surface area contributed by atoms with Crippen LogP contribution in [0.3, 0.4) is 0 Å². The van der Waals surface area contributed by atoms with Gasteiger partial charge in [0.05, 0.1) is 11.0 Å². The van der Waals surface area contributed by atoms with Gasteiger partial charge in [0.15, 0.2) is 14.6 Å². The van der Waals surface area contributed by atoms with Crippen LogP contribution >= 0.6 is 0 Å². The number of sulfone groups is 1. The van der Waals surface area contributed by atoms with Gasteiger partial charge in [-0.2, -0.15) is 5.26 Å². The second kappa shape index (κ2) is 3.46. The van der Waals surface area contributed by atoms with Crippen LogP contribution in [-0.2, 0) is 9.84 Å². The molecule has 2 atom stereocenters. The Bertz CT molecular complexity index is 556. The highest BCUT2D eigenvalue weighted by atomic mass is 32.2. The molecule has 82 valence electrons. The summed E-state index contributed by atoms with van der Waals surface area (Å²) >= 11 is 0. The second-order valence-corrected chi connectivity index (χ2v) is 6.07. The van der Waals surface area contributed by atoms with E-state index in [1.807, 2.05) is 6.07 Å². The number of allylic oxidation sites excluding steroid dienone is 1. The zero-order valence-corrected chi connectivity index (χ0v) is 9.44. The summed E-state index contributed by atoms with van der Waals surface area (Å²) in [5.74, 6) is -0.247. The van der Waals surface area contributed by atoms with E-state index in [1.165, 1.54) is 12.1 Å². The van der Waals surface area contributed by atoms with Crippen molar-refractivity contribution in [3.05, 3.63) is 43.0 Å². The number of rotatable bonds is 3. The standard InChI is InChI=1S/C12H11NO2S/c1-2-10-8-12(10,9-13)16(14,15)11-6-4-3-5-7-11/h2-7,10H,1,8H2. The smallest absolute Gasteiger partial charge is 0.198 e. The molecule has 0 N–H and O–H groups in total. The fourth-order valence-electron chi connectivity index (χ4n) is 1.85. The summed E-state index contributed by atoms with van der Waals surface area (Å²) in [6, 6.07) is 10.0. The van der Waals surface area contributed by atoms with Crippen molar-refractivity contribution in [2.24, 2.45) is 5.92 Å². The number of hydrogen-bond donors (Lipinski definition) is 0. The maximum Gasteiger partial charge on any atom is 0.198 e. The van der Waals surface area contributed by atoms with Gasteiger partial charge in [-0.1, -0.05) is 24.3 Å². The molecule has 0 bridgehead atoms. The van der Waals surface area contributed by atoms with Crippen LogP contribution in [0.1, 0.15) is 6.42 Å². The van der Waals surface area contributed by atoms with Crippen LogP contribution < -0.4 is 0 Å². The molecule has 2 unspecified atom stereocenters. The van der Waals surface area contributed by atoms with Gasteiger partial charge in [0.25, 0.3) is 0 Å². The highest BCUT2D eigenvalue weighted by Gasteiger charge is 2.63. The number of benzene rings is 1. The first-order chi connectivity index (χ1) is 7.58. The Hall–Kier alpha value is -1.60. The van der Waals surface area contributed by atoms with Gasteiger partial charge < -0.3 is 0 Å². The van der Waals surface area contributed by atoms with Crippen LogP contribution in [0.5, 0.6) is 0 Å². The van der Waals surface area contributed by atoms with Crippen molar-refractivity contribution in [2.75, 3.05) is 0 Å². The van der Waals surface area contributed by atoms with E-state index in [4.69, 9.17) is 5.26 Å². The minimum absolute atomic E-state index is 0.209. The molecule has 1 fully saturated rings. The summed E-state index contributed by atoms with van der Waals surface area (Å²) in [6.45, 7) is 3.56. The van der Waals surface area contributed by atoms with Crippen LogP contribution in [-0.4, -0.2) is 13.2 Å². The van der Waals surface area contributed by atoms with E-state index in [-0.39, 0.29) is 10.8 Å². The molecular formula is C12H11NO2S. The lowest BCUT2D eigenvalue weighted by Crippen LogP contribution is -2.23. The Morgan fingerprint density at radius 3 is 2.50 bits per heavy atom. The van der Waals surface area contributed by atoms with E-state index in [1.54, 1.807) is 24.3 Å². The second-order valence-electron chi connectivity index (χ2n) is 3.86. The third kappa shape index (κ3) is 1.29. The first-order valence-electron chi connectivity index (χ1n) is 4.92. The molecule has 4 heteroatoms. The van der Waals surface area contributed by atoms with Gasteiger partial charge in [0.1, 0.15) is 0 Å². The van der Waals surface area contributed by atoms with E-state index in [2.05, 4.69) is 6.58 Å². The molecule has 0 aliphatic heterocycles. The number of nitrogens with zero attached hydrogens (tertiary/aromatic N) is 1. The summed E-state index contributed by atoms with van der Waals surface area (Å²) in [5.41, 5.74) is 0. The quantitative estimate of drug-likeness (QED) is 0.749. The SMILES string of the molecule is C=CC1CC1(C#N)S(=O)(=O)c1ccccc1. The lowest BCUT2D eigenvalue weighted by Gasteiger charge is -2.09. The Labute approximate surface area is 94.9 Å². The monoisotopic (exact) mass is 233 g/mol. The maximum atomic E-state index is 12.2. The van der Waals surface area contributed by atoms with Gasteiger partial charge in [0.2, 0.25) is 0 Å². The van der Waals surface area contributed by atoms with Crippen LogP contribution in [0.2, 0.25) is 0 Å². The molecule has 1 aromatic rings. The zero-order chi connectivity index (χ0) is 11.8. The largest absolute Gasteiger partial charge is 0.222 e. The molecule has 1 aliphatic carbocycles. The van der Waals surface area contributed by atoms with E-state index in [9.17, 15) is 8.42 Å². The molecule has 0 spiro atoms. The van der Waals surface area contributed by atoms with Gasteiger partial charge >= 0.3 is 0 Å². The predicted octanol–water partition coefficient (Wildman–Crippen LogP) is 1.93. The molecule has 1 aromatic carbocycles. The molecule has 0 saturated heterocycles. The zero-order valence-electron chi connectivity index (χ0n) is 8.63. The summed E-state index contributed by atoms with van der Waals surface area (Å²) in [6.07, 6.45) is 1.90. The van der Waals surface area contributed by atoms with Crippen molar-refractivity contribution in [3.8, 4) is 6.07 Å². The molecule has 1 saturated carbocycles. The van der Waals surface area contributed by atoms with Crippen molar-refractivity contribution < 1.29 is 8.42 Å². The van der Waals surface area contributed by atoms with Crippen molar-refractivity contribution in [2.45, 2.75) is 16.1 Å². The van der Waals surface area contributed by atoms with Crippen LogP contribution in [0, 0.1) is 17.2 Å².